The predicted octanol–water partition coefficient (Wildman–Crippen LogP) is 2.61. The van der Waals surface area contributed by atoms with Crippen molar-refractivity contribution in [1.82, 2.24) is 10.3 Å². The van der Waals surface area contributed by atoms with Gasteiger partial charge in [-0.3, -0.25) is 0 Å². The summed E-state index contributed by atoms with van der Waals surface area (Å²) in [4.78, 5) is 6.63. The zero-order valence-electron chi connectivity index (χ0n) is 12.8. The molecular formula is C15H27N3O. The number of hydrogen-bond acceptors (Lipinski definition) is 4. The number of pyridine rings is 1. The molecule has 0 amide bonds. The van der Waals surface area contributed by atoms with Crippen LogP contribution in [0.25, 0.3) is 0 Å². The first-order chi connectivity index (χ1) is 9.04. The molecule has 4 nitrogen and oxygen atoms in total. The summed E-state index contributed by atoms with van der Waals surface area (Å²) in [6, 6.07) is 4.55. The normalized spacial score (nSPS) is 12.7. The predicted molar refractivity (Wildman–Crippen MR) is 80.7 cm³/mol. The second-order valence-electron chi connectivity index (χ2n) is 5.07. The van der Waals surface area contributed by atoms with E-state index in [0.717, 1.165) is 25.5 Å². The zero-order chi connectivity index (χ0) is 14.3. The lowest BCUT2D eigenvalue weighted by molar-refractivity contribution is 0.0845. The van der Waals surface area contributed by atoms with Gasteiger partial charge in [0, 0.05) is 25.8 Å². The van der Waals surface area contributed by atoms with E-state index in [9.17, 15) is 0 Å². The number of nitrogens with zero attached hydrogens (tertiary/aromatic N) is 2. The van der Waals surface area contributed by atoms with Crippen LogP contribution in [-0.2, 0) is 4.74 Å². The van der Waals surface area contributed by atoms with Gasteiger partial charge in [-0.15, -0.1) is 0 Å². The van der Waals surface area contributed by atoms with Crippen molar-refractivity contribution in [2.75, 3.05) is 31.6 Å². The Hall–Kier alpha value is -1.13. The van der Waals surface area contributed by atoms with E-state index in [0.29, 0.717) is 6.04 Å². The Morgan fingerprint density at radius 3 is 2.58 bits per heavy atom. The summed E-state index contributed by atoms with van der Waals surface area (Å²) < 4.78 is 5.55. The fourth-order valence-corrected chi connectivity index (χ4v) is 1.84. The second kappa shape index (κ2) is 8.12. The van der Waals surface area contributed by atoms with Gasteiger partial charge in [0.15, 0.2) is 0 Å². The lowest BCUT2D eigenvalue weighted by atomic mass is 10.1. The molecule has 108 valence electrons. The molecule has 4 heteroatoms. The third-order valence-electron chi connectivity index (χ3n) is 3.05. The smallest absolute Gasteiger partial charge is 0.128 e. The van der Waals surface area contributed by atoms with Crippen LogP contribution in [0.15, 0.2) is 18.3 Å². The third kappa shape index (κ3) is 5.57. The molecule has 0 fully saturated rings. The zero-order valence-corrected chi connectivity index (χ0v) is 12.8. The standard InChI is InChI=1S/C15H27N3O/c1-6-16-13(4)14-7-8-15(17-11-14)18(5)9-10-19-12(2)3/h7-8,11-13,16H,6,9-10H2,1-5H3. The molecule has 0 aliphatic rings. The molecule has 1 unspecified atom stereocenters. The lowest BCUT2D eigenvalue weighted by Gasteiger charge is -2.20. The summed E-state index contributed by atoms with van der Waals surface area (Å²) in [6.45, 7) is 10.9. The fraction of sp³-hybridized carbons (Fsp3) is 0.667. The highest BCUT2D eigenvalue weighted by Gasteiger charge is 2.06. The average Bonchev–Trinajstić information content (AvgIpc) is 2.38. The molecular weight excluding hydrogens is 238 g/mol. The molecule has 0 spiro atoms. The van der Waals surface area contributed by atoms with Gasteiger partial charge >= 0.3 is 0 Å². The number of hydrogen-bond donors (Lipinski definition) is 1. The van der Waals surface area contributed by atoms with Gasteiger partial charge in [0.2, 0.25) is 0 Å². The van der Waals surface area contributed by atoms with Crippen molar-refractivity contribution in [2.45, 2.75) is 39.8 Å². The van der Waals surface area contributed by atoms with Gasteiger partial charge in [0.1, 0.15) is 5.82 Å². The topological polar surface area (TPSA) is 37.4 Å². The van der Waals surface area contributed by atoms with Crippen molar-refractivity contribution in [1.29, 1.82) is 0 Å². The van der Waals surface area contributed by atoms with Crippen molar-refractivity contribution in [2.24, 2.45) is 0 Å². The van der Waals surface area contributed by atoms with Crippen molar-refractivity contribution >= 4 is 5.82 Å². The van der Waals surface area contributed by atoms with Gasteiger partial charge in [0.25, 0.3) is 0 Å². The Bertz CT molecular complexity index is 351. The second-order valence-corrected chi connectivity index (χ2v) is 5.07. The maximum Gasteiger partial charge on any atom is 0.128 e. The molecule has 0 aliphatic heterocycles. The molecule has 1 heterocycles. The Balaban J connectivity index is 2.50. The van der Waals surface area contributed by atoms with Crippen molar-refractivity contribution < 1.29 is 4.74 Å². The number of rotatable bonds is 8. The Morgan fingerprint density at radius 2 is 2.05 bits per heavy atom. The van der Waals surface area contributed by atoms with E-state index in [4.69, 9.17) is 4.74 Å². The van der Waals surface area contributed by atoms with Gasteiger partial charge in [-0.1, -0.05) is 13.0 Å². The average molecular weight is 265 g/mol. The summed E-state index contributed by atoms with van der Waals surface area (Å²) in [5, 5.41) is 3.38. The number of anilines is 1. The highest BCUT2D eigenvalue weighted by Crippen LogP contribution is 2.15. The van der Waals surface area contributed by atoms with Crippen LogP contribution in [0.3, 0.4) is 0 Å². The number of likely N-dealkylation sites (N-methyl/N-ethyl adjacent to an activating group) is 1. The van der Waals surface area contributed by atoms with E-state index in [-0.39, 0.29) is 6.10 Å². The number of ether oxygens (including phenoxy) is 1. The van der Waals surface area contributed by atoms with Crippen molar-refractivity contribution in [3.05, 3.63) is 23.9 Å². The van der Waals surface area contributed by atoms with Crippen LogP contribution in [0.4, 0.5) is 5.82 Å². The summed E-state index contributed by atoms with van der Waals surface area (Å²) >= 11 is 0. The Morgan fingerprint density at radius 1 is 1.32 bits per heavy atom. The molecule has 0 aromatic carbocycles. The summed E-state index contributed by atoms with van der Waals surface area (Å²) in [5.74, 6) is 0.986. The first-order valence-corrected chi connectivity index (χ1v) is 7.06. The van der Waals surface area contributed by atoms with Crippen molar-refractivity contribution in [3.8, 4) is 0 Å². The van der Waals surface area contributed by atoms with Crippen LogP contribution in [0.2, 0.25) is 0 Å². The highest BCUT2D eigenvalue weighted by molar-refractivity contribution is 5.38. The lowest BCUT2D eigenvalue weighted by Crippen LogP contribution is -2.25. The molecule has 1 atom stereocenters. The van der Waals surface area contributed by atoms with Crippen molar-refractivity contribution in [3.63, 3.8) is 0 Å². The number of aromatic nitrogens is 1. The quantitative estimate of drug-likeness (QED) is 0.784. The Labute approximate surface area is 117 Å². The summed E-state index contributed by atoms with van der Waals surface area (Å²) in [6.07, 6.45) is 2.23. The van der Waals surface area contributed by atoms with Crippen LogP contribution in [0, 0.1) is 0 Å². The van der Waals surface area contributed by atoms with Gasteiger partial charge in [-0.05, 0) is 38.9 Å². The van der Waals surface area contributed by atoms with E-state index >= 15 is 0 Å². The molecule has 1 rings (SSSR count). The van der Waals surface area contributed by atoms with E-state index in [1.807, 2.05) is 13.2 Å². The van der Waals surface area contributed by atoms with Crippen LogP contribution >= 0.6 is 0 Å². The molecule has 0 radical (unpaired) electrons. The minimum absolute atomic E-state index is 0.282. The SMILES string of the molecule is CCNC(C)c1ccc(N(C)CCOC(C)C)nc1. The Kier molecular flexibility index (Phi) is 6.81. The van der Waals surface area contributed by atoms with E-state index in [1.165, 1.54) is 5.56 Å². The fourth-order valence-electron chi connectivity index (χ4n) is 1.84. The molecule has 19 heavy (non-hydrogen) atoms. The van der Waals surface area contributed by atoms with Crippen LogP contribution < -0.4 is 10.2 Å². The summed E-state index contributed by atoms with van der Waals surface area (Å²) in [7, 11) is 2.04. The van der Waals surface area contributed by atoms with Crippen LogP contribution in [-0.4, -0.2) is 37.8 Å². The molecule has 0 aliphatic carbocycles. The maximum absolute atomic E-state index is 5.55. The molecule has 1 aromatic heterocycles. The first kappa shape index (κ1) is 15.9. The minimum atomic E-state index is 0.282. The minimum Gasteiger partial charge on any atom is -0.377 e. The first-order valence-electron chi connectivity index (χ1n) is 7.06. The van der Waals surface area contributed by atoms with Gasteiger partial charge in [-0.2, -0.15) is 0 Å². The van der Waals surface area contributed by atoms with Gasteiger partial charge in [0.05, 0.1) is 12.7 Å². The van der Waals surface area contributed by atoms with Crippen LogP contribution in [0.1, 0.15) is 39.3 Å². The number of nitrogens with one attached hydrogen (secondary N) is 1. The van der Waals surface area contributed by atoms with Crippen LogP contribution in [0.5, 0.6) is 0 Å². The van der Waals surface area contributed by atoms with E-state index < -0.39 is 0 Å². The van der Waals surface area contributed by atoms with Gasteiger partial charge < -0.3 is 15.0 Å². The molecule has 0 saturated carbocycles. The van der Waals surface area contributed by atoms with E-state index in [1.54, 1.807) is 0 Å². The summed E-state index contributed by atoms with van der Waals surface area (Å²) in [5.41, 5.74) is 1.22. The third-order valence-corrected chi connectivity index (χ3v) is 3.05. The van der Waals surface area contributed by atoms with E-state index in [2.05, 4.69) is 55.0 Å². The molecule has 0 bridgehead atoms. The maximum atomic E-state index is 5.55. The highest BCUT2D eigenvalue weighted by atomic mass is 16.5. The van der Waals surface area contributed by atoms with Gasteiger partial charge in [-0.25, -0.2) is 4.98 Å². The largest absolute Gasteiger partial charge is 0.377 e. The monoisotopic (exact) mass is 265 g/mol. The molecule has 1 N–H and O–H groups in total. The molecule has 0 saturated heterocycles. The molecule has 1 aromatic rings.